The first-order chi connectivity index (χ1) is 42.2. The van der Waals surface area contributed by atoms with E-state index in [9.17, 15) is 192 Å². The minimum absolute atomic E-state index is 0. The minimum Gasteiger partial charge on any atom is -0.790 e. The van der Waals surface area contributed by atoms with Gasteiger partial charge in [0.2, 0.25) is 0 Å². The van der Waals surface area contributed by atoms with Crippen molar-refractivity contribution in [2.75, 3.05) is 13.1 Å². The van der Waals surface area contributed by atoms with Crippen LogP contribution < -0.4 is 161 Å². The van der Waals surface area contributed by atoms with Gasteiger partial charge in [-0.05, 0) is 25.7 Å². The summed E-state index contributed by atoms with van der Waals surface area (Å²) in [6, 6.07) is -1.86. The van der Waals surface area contributed by atoms with Crippen LogP contribution in [0.15, 0.2) is 0 Å². The molecule has 0 aromatic carbocycles. The van der Waals surface area contributed by atoms with Gasteiger partial charge in [-0.1, -0.05) is 0 Å². The first-order valence-corrected chi connectivity index (χ1v) is 40.3. The molecule has 60 nitrogen and oxygen atoms in total. The molecule has 2 fully saturated rings. The van der Waals surface area contributed by atoms with E-state index >= 15 is 0 Å². The summed E-state index contributed by atoms with van der Waals surface area (Å²) in [7, 11) is -80.2. The average molecular weight is 2160 g/mol. The molecule has 0 aromatic rings. The van der Waals surface area contributed by atoms with E-state index in [4.69, 9.17) is 33.8 Å². The van der Waals surface area contributed by atoms with Crippen LogP contribution in [0.4, 0.5) is 0 Å². The zero-order valence-electron chi connectivity index (χ0n) is 54.4. The van der Waals surface area contributed by atoms with E-state index in [1.54, 1.807) is 0 Å². The fraction of sp³-hybridized carbons (Fsp3) is 0.833. The van der Waals surface area contributed by atoms with Gasteiger partial charge >= 0.3 is 491 Å². The van der Waals surface area contributed by atoms with Crippen LogP contribution >= 0.6 is 93.9 Å². The van der Waals surface area contributed by atoms with Crippen LogP contribution in [0.1, 0.15) is 25.7 Å². The van der Waals surface area contributed by atoms with Gasteiger partial charge in [-0.2, -0.15) is 0 Å². The van der Waals surface area contributed by atoms with Crippen molar-refractivity contribution in [2.45, 2.75) is 111 Å². The van der Waals surface area contributed by atoms with Crippen LogP contribution in [-0.4, -0.2) is 613 Å². The molecule has 572 valence electrons. The van der Waals surface area contributed by atoms with Crippen molar-refractivity contribution >= 4 is 608 Å². The van der Waals surface area contributed by atoms with Gasteiger partial charge in [0.05, 0.1) is 106 Å². The molecular weight excluding hydrogens is 2120 g/mol. The van der Waals surface area contributed by atoms with Gasteiger partial charge in [0.15, 0.2) is 11.9 Å². The van der Waals surface area contributed by atoms with E-state index < -0.39 is 191 Å². The fourth-order valence-electron chi connectivity index (χ4n) is 6.80. The second kappa shape index (κ2) is 70.7. The zero-order valence-corrected chi connectivity index (χ0v) is 93.9. The van der Waals surface area contributed by atoms with E-state index in [2.05, 4.69) is 64.9 Å². The molecule has 0 amide bonds. The van der Waals surface area contributed by atoms with Crippen molar-refractivity contribution in [1.29, 1.82) is 10.8 Å². The Morgan fingerprint density at radius 3 is 0.422 bits per heavy atom. The number of guanidine groups is 2. The van der Waals surface area contributed by atoms with Gasteiger partial charge in [0.25, 0.3) is 0 Å². The maximum Gasteiger partial charge on any atom is 2.00 e. The number of carboxylic acid groups (broad SMARTS) is 2. The minimum atomic E-state index is -6.68. The fourth-order valence-corrected chi connectivity index (χ4v) is 13.3. The van der Waals surface area contributed by atoms with Crippen LogP contribution in [-0.2, 0) is 119 Å². The number of carbonyl (C=O) groups is 2. The Labute approximate surface area is 1000 Å². The predicted octanol–water partition coefficient (Wildman–Crippen LogP) is -31.7. The topological polar surface area (TPSA) is 1130 Å². The number of hydrogen-bond acceptors (Lipinski definition) is 56. The predicted molar refractivity (Wildman–Crippen MR) is 309 cm³/mol. The van der Waals surface area contributed by atoms with Gasteiger partial charge in [0.1, 0.15) is 73.2 Å². The third-order valence-electron chi connectivity index (χ3n) is 9.52. The van der Waals surface area contributed by atoms with Crippen LogP contribution in [0.25, 0.3) is 0 Å². The van der Waals surface area contributed by atoms with E-state index in [1.165, 1.54) is 0 Å². The molecule has 0 heterocycles. The van der Waals surface area contributed by atoms with E-state index in [0.717, 1.165) is 0 Å². The molecule has 0 spiro atoms. The Morgan fingerprint density at radius 2 is 0.358 bits per heavy atom. The van der Waals surface area contributed by atoms with E-state index in [1.807, 2.05) is 0 Å². The molecule has 12 N–H and O–H groups in total. The van der Waals surface area contributed by atoms with Crippen molar-refractivity contribution in [1.82, 2.24) is 10.6 Å². The number of nitrogens with two attached hydrogens (primary N) is 4. The molecule has 2 aliphatic rings. The molecule has 2 aliphatic carbocycles. The molecule has 2 atom stereocenters. The number of carbonyl (C=O) groups excluding carboxylic acids is 2. The number of rotatable bonds is 34. The molecule has 2 saturated carbocycles. The second-order valence-corrected chi connectivity index (χ2v) is 30.3. The first-order valence-electron chi connectivity index (χ1n) is 22.8. The molecule has 0 radical (unpaired) electrons. The maximum absolute atomic E-state index is 11.1. The normalized spacial score (nSPS) is 22.0. The molecule has 0 unspecified atom stereocenters. The number of hydrogen-bond donors (Lipinski definition) is 8. The molecule has 0 saturated heterocycles. The Morgan fingerprint density at radius 1 is 0.266 bits per heavy atom. The Bertz CT molecular complexity index is 2560. The van der Waals surface area contributed by atoms with E-state index in [-0.39, 0.29) is 503 Å². The van der Waals surface area contributed by atoms with Gasteiger partial charge in [-0.15, -0.1) is 0 Å². The monoisotopic (exact) mass is 2160 g/mol. The number of carboxylic acids is 2. The number of phosphoric acid groups is 12. The van der Waals surface area contributed by atoms with E-state index in [0.29, 0.717) is 38.8 Å². The average Bonchev–Trinajstić information content (AvgIpc) is 0.752. The molecule has 2 rings (SSSR count). The Balaban J connectivity index is -0.0000000877. The number of phosphoric ester groups is 12. The van der Waals surface area contributed by atoms with Crippen LogP contribution in [0, 0.1) is 10.8 Å². The number of nitrogens with one attached hydrogen (secondary N) is 4. The summed E-state index contributed by atoms with van der Waals surface area (Å²) in [6.07, 6.45) is -41.2. The summed E-state index contributed by atoms with van der Waals surface area (Å²) in [5, 5.41) is 38.8. The second-order valence-electron chi connectivity index (χ2n) is 17.0. The standard InChI is InChI=1S/2C6H14N4O2.2C6H18O24P6.13Ca/c2*7-4(5(11)12)2-1-3-10-6(8)9;2*7-31(8,9)25-1-2(26-32(10,11)12)4(28-34(16,17)18)6(30-36(22,23)24)5(29-35(19,20)21)3(1)27-33(13,14)15;;;;;;;;;;;;;/h2*4H,1-3,7H2,(H,11,12)(H4,8,9,10);2*1-6H,(H2,7,8,9)(H2,10,11,12)(H2,13,14,15)(H2,16,17,18)(H2,19,20,21)(H2,22,23,24);;;;;;;;;;;;;/q;;;;13*+2/p-26/t2*4-;2*1-,2-,3-,4+,5-,6-;;;;;;;;;;;;;/m00.............../s1. The SMILES string of the molecule is N=C(N)NCCC[C@H](N)C(=O)[O-].N=C(N)NCCC[C@H](N)C(=O)[O-].O=P([O-])([O-])O[C@H]1[C@H](OP(=O)([O-])[O-])[C@@H](OP(=O)([O-])[O-])[C@H](OP(=O)([O-])[O-])[C@@H](OP(=O)([O-])[O-])[C@H]1OP(=O)([O-])[O-].O=P([O-])([O-])O[C@H]1[C@H](OP(=O)([O-])[O-])[C@@H](OP(=O)([O-])[O-])[C@H](OP(=O)([O-])[O-])[C@@H](OP(=O)([O-])[O-])[C@H]1OP(=O)([O-])[O-].[Ca+2].[Ca+2].[Ca+2].[Ca+2].[Ca+2].[Ca+2].[Ca+2].[Ca+2].[Ca+2].[Ca+2].[Ca+2].[Ca+2].[Ca+2]. The molecule has 85 heteroatoms. The van der Waals surface area contributed by atoms with Gasteiger partial charge in [-0.25, -0.2) is 0 Å². The maximum atomic E-state index is 11.1. The Kier molecular flexibility index (Phi) is 102. The van der Waals surface area contributed by atoms with Crippen molar-refractivity contribution in [3.63, 3.8) is 0 Å². The summed E-state index contributed by atoms with van der Waals surface area (Å²) in [4.78, 5) is 286. The summed E-state index contributed by atoms with van der Waals surface area (Å²) in [5.41, 5.74) is 20.3. The van der Waals surface area contributed by atoms with Crippen LogP contribution in [0.2, 0.25) is 0 Å². The largest absolute Gasteiger partial charge is 2.00 e. The number of aliphatic carboxylic acids is 2. The van der Waals surface area contributed by atoms with Gasteiger partial charge < -0.3 is 280 Å². The zero-order chi connectivity index (χ0) is 76.5. The first kappa shape index (κ1) is 158. The van der Waals surface area contributed by atoms with Gasteiger partial charge in [-0.3, -0.25) is 10.8 Å². The van der Waals surface area contributed by atoms with Crippen molar-refractivity contribution in [3.8, 4) is 0 Å². The summed E-state index contributed by atoms with van der Waals surface area (Å²) >= 11 is 0. The molecule has 0 aliphatic heterocycles. The van der Waals surface area contributed by atoms with Crippen LogP contribution in [0.5, 0.6) is 0 Å². The third-order valence-corrected chi connectivity index (χ3v) is 15.5. The summed E-state index contributed by atoms with van der Waals surface area (Å²) < 4.78 is 177. The van der Waals surface area contributed by atoms with Crippen molar-refractivity contribution in [3.05, 3.63) is 0 Å². The van der Waals surface area contributed by atoms with Crippen molar-refractivity contribution in [2.24, 2.45) is 22.9 Å². The molecule has 109 heavy (non-hydrogen) atoms. The smallest absolute Gasteiger partial charge is 0.790 e. The van der Waals surface area contributed by atoms with Crippen molar-refractivity contribution < 1.29 is 246 Å². The van der Waals surface area contributed by atoms with Gasteiger partial charge in [0, 0.05) is 25.2 Å². The quantitative estimate of drug-likeness (QED) is 0.00975. The van der Waals surface area contributed by atoms with Crippen LogP contribution in [0.3, 0.4) is 0 Å². The summed E-state index contributed by atoms with van der Waals surface area (Å²) in [5.74, 6) is -2.76. The molecule has 0 aromatic heterocycles. The molecule has 0 bridgehead atoms. The molecular formula is C24H38Ca13N8O52P12. The summed E-state index contributed by atoms with van der Waals surface area (Å²) in [6.45, 7) is 0.909. The third kappa shape index (κ3) is 85.7. The Hall–Kier alpha value is 15.1.